The number of carboxylic acids is 1. The second kappa shape index (κ2) is 6.50. The van der Waals surface area contributed by atoms with Crippen LogP contribution in [0.2, 0.25) is 0 Å². The third-order valence-corrected chi connectivity index (χ3v) is 4.34. The molecule has 116 valence electrons. The highest BCUT2D eigenvalue weighted by Gasteiger charge is 2.36. The number of amides is 1. The van der Waals surface area contributed by atoms with Gasteiger partial charge in [-0.2, -0.15) is 0 Å². The lowest BCUT2D eigenvalue weighted by Gasteiger charge is -2.24. The van der Waals surface area contributed by atoms with E-state index in [-0.39, 0.29) is 12.7 Å². The van der Waals surface area contributed by atoms with E-state index in [1.165, 1.54) is 31.6 Å². The maximum Gasteiger partial charge on any atom is 0.331 e. The molecule has 2 rings (SSSR count). The fourth-order valence-electron chi connectivity index (χ4n) is 2.07. The molecule has 0 aliphatic carbocycles. The van der Waals surface area contributed by atoms with Gasteiger partial charge in [0.05, 0.1) is 12.8 Å². The molecule has 1 aromatic heterocycles. The Balaban J connectivity index is 2.07. The van der Waals surface area contributed by atoms with Gasteiger partial charge in [0.15, 0.2) is 5.54 Å². The van der Waals surface area contributed by atoms with Crippen molar-refractivity contribution in [3.8, 4) is 0 Å². The fourth-order valence-corrected chi connectivity index (χ4v) is 2.96. The van der Waals surface area contributed by atoms with Crippen molar-refractivity contribution in [3.05, 3.63) is 16.1 Å². The summed E-state index contributed by atoms with van der Waals surface area (Å²) in [6.07, 6.45) is 3.27. The molecule has 2 N–H and O–H groups in total. The Hall–Kier alpha value is -1.51. The summed E-state index contributed by atoms with van der Waals surface area (Å²) < 4.78 is 10.4. The van der Waals surface area contributed by atoms with Gasteiger partial charge in [-0.1, -0.05) is 0 Å². The van der Waals surface area contributed by atoms with E-state index in [2.05, 4.69) is 10.3 Å². The summed E-state index contributed by atoms with van der Waals surface area (Å²) in [5.74, 6) is -1.62. The Morgan fingerprint density at radius 3 is 3.00 bits per heavy atom. The highest BCUT2D eigenvalue weighted by atomic mass is 32.1. The fraction of sp³-hybridized carbons (Fsp3) is 0.615. The third kappa shape index (κ3) is 3.58. The number of thiazole rings is 1. The van der Waals surface area contributed by atoms with Gasteiger partial charge in [0, 0.05) is 13.7 Å². The highest BCUT2D eigenvalue weighted by molar-refractivity contribution is 7.13. The van der Waals surface area contributed by atoms with Crippen LogP contribution in [0.1, 0.15) is 40.5 Å². The average molecular weight is 314 g/mol. The molecule has 0 spiro atoms. The van der Waals surface area contributed by atoms with Crippen LogP contribution in [0.25, 0.3) is 0 Å². The molecule has 1 aliphatic rings. The van der Waals surface area contributed by atoms with Crippen molar-refractivity contribution in [2.24, 2.45) is 0 Å². The molecule has 2 heterocycles. The van der Waals surface area contributed by atoms with Crippen molar-refractivity contribution in [3.63, 3.8) is 0 Å². The molecule has 1 fully saturated rings. The Morgan fingerprint density at radius 1 is 1.67 bits per heavy atom. The standard InChI is InChI=1S/C13H18N2O5S/c1-13(7-19-2,12(17)18)15-10(16)9-6-14-11(21-9)8-4-3-5-20-8/h6,8H,3-5,7H2,1-2H3,(H,15,16)(H,17,18). The van der Waals surface area contributed by atoms with Gasteiger partial charge in [0.25, 0.3) is 5.91 Å². The number of rotatable bonds is 6. The molecule has 1 aliphatic heterocycles. The van der Waals surface area contributed by atoms with Crippen LogP contribution in [0.5, 0.6) is 0 Å². The number of aliphatic carboxylic acids is 1. The molecule has 0 saturated carbocycles. The van der Waals surface area contributed by atoms with Crippen LogP contribution in [-0.2, 0) is 14.3 Å². The Labute approximate surface area is 126 Å². The number of carbonyl (C=O) groups excluding carboxylic acids is 1. The molecule has 1 saturated heterocycles. The van der Waals surface area contributed by atoms with Gasteiger partial charge >= 0.3 is 5.97 Å². The first-order valence-electron chi connectivity index (χ1n) is 6.58. The summed E-state index contributed by atoms with van der Waals surface area (Å²) in [4.78, 5) is 28.0. The molecule has 1 amide bonds. The normalized spacial score (nSPS) is 21.0. The van der Waals surface area contributed by atoms with Crippen molar-refractivity contribution in [2.45, 2.75) is 31.4 Å². The van der Waals surface area contributed by atoms with E-state index < -0.39 is 17.4 Å². The maximum atomic E-state index is 12.2. The number of aromatic nitrogens is 1. The summed E-state index contributed by atoms with van der Waals surface area (Å²) in [6, 6.07) is 0. The molecule has 8 heteroatoms. The topological polar surface area (TPSA) is 97.8 Å². The zero-order chi connectivity index (χ0) is 15.5. The number of ether oxygens (including phenoxy) is 2. The Bertz CT molecular complexity index is 526. The molecular weight excluding hydrogens is 296 g/mol. The smallest absolute Gasteiger partial charge is 0.331 e. The van der Waals surface area contributed by atoms with Gasteiger partial charge in [-0.25, -0.2) is 9.78 Å². The molecule has 21 heavy (non-hydrogen) atoms. The van der Waals surface area contributed by atoms with Gasteiger partial charge < -0.3 is 19.9 Å². The van der Waals surface area contributed by atoms with E-state index >= 15 is 0 Å². The zero-order valence-electron chi connectivity index (χ0n) is 11.9. The van der Waals surface area contributed by atoms with Crippen LogP contribution in [0.3, 0.4) is 0 Å². The van der Waals surface area contributed by atoms with Crippen molar-refractivity contribution in [1.82, 2.24) is 10.3 Å². The molecule has 2 atom stereocenters. The zero-order valence-corrected chi connectivity index (χ0v) is 12.7. The van der Waals surface area contributed by atoms with Crippen LogP contribution in [-0.4, -0.2) is 47.8 Å². The minimum Gasteiger partial charge on any atom is -0.479 e. The van der Waals surface area contributed by atoms with Gasteiger partial charge in [-0.15, -0.1) is 11.3 Å². The van der Waals surface area contributed by atoms with Gasteiger partial charge in [0.2, 0.25) is 0 Å². The van der Waals surface area contributed by atoms with Gasteiger partial charge in [0.1, 0.15) is 16.0 Å². The quantitative estimate of drug-likeness (QED) is 0.819. The summed E-state index contributed by atoms with van der Waals surface area (Å²) in [7, 11) is 1.38. The lowest BCUT2D eigenvalue weighted by Crippen LogP contribution is -2.55. The minimum absolute atomic E-state index is 0.0543. The second-order valence-electron chi connectivity index (χ2n) is 5.09. The first kappa shape index (κ1) is 15.9. The van der Waals surface area contributed by atoms with E-state index in [0.717, 1.165) is 17.8 Å². The minimum atomic E-state index is -1.47. The SMILES string of the molecule is COCC(C)(NC(=O)c1cnc(C2CCCO2)s1)C(=O)O. The van der Waals surface area contributed by atoms with Crippen LogP contribution in [0, 0.1) is 0 Å². The molecule has 2 unspecified atom stereocenters. The van der Waals surface area contributed by atoms with Crippen LogP contribution in [0.4, 0.5) is 0 Å². The summed E-state index contributed by atoms with van der Waals surface area (Å²) in [5, 5.41) is 12.4. The van der Waals surface area contributed by atoms with E-state index in [1.54, 1.807) is 0 Å². The third-order valence-electron chi connectivity index (χ3n) is 3.25. The predicted molar refractivity (Wildman–Crippen MR) is 75.4 cm³/mol. The lowest BCUT2D eigenvalue weighted by atomic mass is 10.0. The van der Waals surface area contributed by atoms with Gasteiger partial charge in [-0.05, 0) is 19.8 Å². The monoisotopic (exact) mass is 314 g/mol. The van der Waals surface area contributed by atoms with Gasteiger partial charge in [-0.3, -0.25) is 4.79 Å². The molecule has 1 aromatic rings. The predicted octanol–water partition coefficient (Wildman–Crippen LogP) is 1.21. The molecule has 7 nitrogen and oxygen atoms in total. The second-order valence-corrected chi connectivity index (χ2v) is 6.15. The van der Waals surface area contributed by atoms with Crippen molar-refractivity contribution < 1.29 is 24.2 Å². The molecule has 0 aromatic carbocycles. The first-order chi connectivity index (χ1) is 9.96. The van der Waals surface area contributed by atoms with Crippen LogP contribution in [0.15, 0.2) is 6.20 Å². The van der Waals surface area contributed by atoms with E-state index in [9.17, 15) is 14.7 Å². The Morgan fingerprint density at radius 2 is 2.43 bits per heavy atom. The number of carboxylic acid groups (broad SMARTS) is 1. The molecule has 0 bridgehead atoms. The average Bonchev–Trinajstić information content (AvgIpc) is 3.09. The largest absolute Gasteiger partial charge is 0.479 e. The number of nitrogens with zero attached hydrogens (tertiary/aromatic N) is 1. The van der Waals surface area contributed by atoms with Crippen molar-refractivity contribution >= 4 is 23.2 Å². The summed E-state index contributed by atoms with van der Waals surface area (Å²) in [6.45, 7) is 1.99. The number of nitrogens with one attached hydrogen (secondary N) is 1. The van der Waals surface area contributed by atoms with Crippen LogP contribution >= 0.6 is 11.3 Å². The number of carbonyl (C=O) groups is 2. The Kier molecular flexibility index (Phi) is 4.92. The number of methoxy groups -OCH3 is 1. The number of hydrogen-bond donors (Lipinski definition) is 2. The van der Waals surface area contributed by atoms with Crippen molar-refractivity contribution in [2.75, 3.05) is 20.3 Å². The van der Waals surface area contributed by atoms with Crippen molar-refractivity contribution in [1.29, 1.82) is 0 Å². The highest BCUT2D eigenvalue weighted by Crippen LogP contribution is 2.31. The molecule has 0 radical (unpaired) electrons. The van der Waals surface area contributed by atoms with E-state index in [1.807, 2.05) is 0 Å². The molecular formula is C13H18N2O5S. The first-order valence-corrected chi connectivity index (χ1v) is 7.40. The lowest BCUT2D eigenvalue weighted by molar-refractivity contribution is -0.145. The van der Waals surface area contributed by atoms with Crippen LogP contribution < -0.4 is 5.32 Å². The maximum absolute atomic E-state index is 12.2. The van der Waals surface area contributed by atoms with E-state index in [0.29, 0.717) is 11.5 Å². The summed E-state index contributed by atoms with van der Waals surface area (Å²) in [5.41, 5.74) is -1.47. The number of hydrogen-bond acceptors (Lipinski definition) is 6. The van der Waals surface area contributed by atoms with E-state index in [4.69, 9.17) is 9.47 Å². The summed E-state index contributed by atoms with van der Waals surface area (Å²) >= 11 is 1.23.